The van der Waals surface area contributed by atoms with Crippen LogP contribution in [0.5, 0.6) is 0 Å². The Hall–Kier alpha value is -3.80. The standard InChI is InChI=1S/C22H17F3N4O4S/c1-2-33-21(30)18-17(13-6-4-3-5-7-13)19(34-20(18)28-10-11-28)27-26-16-9-8-14(29(31)32)12-15(16)22(23,24)25/h3-9,12H,2,10-11H2,1H3. The van der Waals surface area contributed by atoms with Crippen molar-refractivity contribution in [2.24, 2.45) is 10.2 Å². The molecule has 2 aromatic carbocycles. The number of thiophene rings is 1. The molecule has 0 radical (unpaired) electrons. The summed E-state index contributed by atoms with van der Waals surface area (Å²) in [7, 11) is 0. The van der Waals surface area contributed by atoms with Crippen molar-refractivity contribution in [3.05, 3.63) is 69.8 Å². The maximum absolute atomic E-state index is 13.5. The van der Waals surface area contributed by atoms with Crippen molar-refractivity contribution in [1.82, 2.24) is 0 Å². The van der Waals surface area contributed by atoms with Crippen LogP contribution in [0.15, 0.2) is 58.8 Å². The van der Waals surface area contributed by atoms with Gasteiger partial charge in [0, 0.05) is 30.8 Å². The average molecular weight is 490 g/mol. The van der Waals surface area contributed by atoms with Crippen LogP contribution in [-0.4, -0.2) is 30.6 Å². The van der Waals surface area contributed by atoms with E-state index in [2.05, 4.69) is 10.2 Å². The van der Waals surface area contributed by atoms with Crippen molar-refractivity contribution in [3.63, 3.8) is 0 Å². The molecule has 4 rings (SSSR count). The van der Waals surface area contributed by atoms with Crippen LogP contribution in [0.4, 0.5) is 34.5 Å². The van der Waals surface area contributed by atoms with Gasteiger partial charge in [0.2, 0.25) is 0 Å². The normalized spacial score (nSPS) is 13.4. The number of azo groups is 1. The average Bonchev–Trinajstić information content (AvgIpc) is 3.57. The molecule has 0 aliphatic carbocycles. The molecule has 0 saturated carbocycles. The second-order valence-corrected chi connectivity index (χ2v) is 8.17. The summed E-state index contributed by atoms with van der Waals surface area (Å²) < 4.78 is 45.9. The van der Waals surface area contributed by atoms with Crippen LogP contribution >= 0.6 is 11.3 Å². The topological polar surface area (TPSA) is 97.2 Å². The predicted octanol–water partition coefficient (Wildman–Crippen LogP) is 6.75. The number of halogens is 3. The maximum atomic E-state index is 13.5. The molecule has 8 nitrogen and oxygen atoms in total. The van der Waals surface area contributed by atoms with Gasteiger partial charge in [-0.05, 0) is 18.6 Å². The number of benzene rings is 2. The van der Waals surface area contributed by atoms with Crippen LogP contribution < -0.4 is 4.90 Å². The first kappa shape index (κ1) is 23.4. The van der Waals surface area contributed by atoms with Crippen LogP contribution in [0.2, 0.25) is 0 Å². The van der Waals surface area contributed by atoms with Crippen LogP contribution in [0, 0.1) is 10.1 Å². The lowest BCUT2D eigenvalue weighted by atomic mass is 10.0. The molecule has 0 bridgehead atoms. The monoisotopic (exact) mass is 490 g/mol. The molecule has 0 unspecified atom stereocenters. The molecule has 1 saturated heterocycles. The smallest absolute Gasteiger partial charge is 0.418 e. The van der Waals surface area contributed by atoms with Crippen molar-refractivity contribution >= 4 is 38.7 Å². The van der Waals surface area contributed by atoms with Crippen molar-refractivity contribution in [1.29, 1.82) is 0 Å². The van der Waals surface area contributed by atoms with Gasteiger partial charge in [-0.25, -0.2) is 4.79 Å². The quantitative estimate of drug-likeness (QED) is 0.120. The highest BCUT2D eigenvalue weighted by Crippen LogP contribution is 2.50. The van der Waals surface area contributed by atoms with Gasteiger partial charge in [-0.1, -0.05) is 41.7 Å². The number of carbonyl (C=O) groups excluding carboxylic acids is 1. The number of ether oxygens (including phenoxy) is 1. The van der Waals surface area contributed by atoms with E-state index in [0.717, 1.165) is 36.6 Å². The summed E-state index contributed by atoms with van der Waals surface area (Å²) in [5, 5.41) is 19.6. The number of hydrogen-bond donors (Lipinski definition) is 0. The minimum Gasteiger partial charge on any atom is -0.462 e. The summed E-state index contributed by atoms with van der Waals surface area (Å²) >= 11 is 1.12. The number of nitrogens with zero attached hydrogens (tertiary/aromatic N) is 4. The fourth-order valence-corrected chi connectivity index (χ4v) is 4.46. The Labute approximate surface area is 195 Å². The molecule has 0 amide bonds. The molecule has 1 aliphatic rings. The highest BCUT2D eigenvalue weighted by atomic mass is 32.1. The maximum Gasteiger partial charge on any atom is 0.418 e. The third kappa shape index (κ3) is 4.76. The number of rotatable bonds is 7. The number of carbonyl (C=O) groups is 1. The lowest BCUT2D eigenvalue weighted by molar-refractivity contribution is -0.385. The van der Waals surface area contributed by atoms with E-state index < -0.39 is 34.0 Å². The molecule has 12 heteroatoms. The first-order valence-corrected chi connectivity index (χ1v) is 10.9. The van der Waals surface area contributed by atoms with Gasteiger partial charge in [0.05, 0.1) is 22.8 Å². The first-order valence-electron chi connectivity index (χ1n) is 10.1. The van der Waals surface area contributed by atoms with Gasteiger partial charge in [0.1, 0.15) is 15.6 Å². The Morgan fingerprint density at radius 2 is 1.88 bits per heavy atom. The van der Waals surface area contributed by atoms with Crippen LogP contribution in [0.1, 0.15) is 22.8 Å². The third-order valence-corrected chi connectivity index (χ3v) is 6.03. The van der Waals surface area contributed by atoms with Gasteiger partial charge >= 0.3 is 12.1 Å². The number of anilines is 1. The van der Waals surface area contributed by atoms with E-state index in [1.54, 1.807) is 37.3 Å². The zero-order valence-corrected chi connectivity index (χ0v) is 18.5. The molecule has 2 heterocycles. The largest absolute Gasteiger partial charge is 0.462 e. The number of esters is 1. The van der Waals surface area contributed by atoms with Crippen LogP contribution in [0.3, 0.4) is 0 Å². The number of alkyl halides is 3. The van der Waals surface area contributed by atoms with Crippen LogP contribution in [-0.2, 0) is 10.9 Å². The van der Waals surface area contributed by atoms with Gasteiger partial charge in [-0.3, -0.25) is 10.1 Å². The van der Waals surface area contributed by atoms with Crippen LogP contribution in [0.25, 0.3) is 11.1 Å². The van der Waals surface area contributed by atoms with E-state index in [9.17, 15) is 28.1 Å². The van der Waals surface area contributed by atoms with Gasteiger partial charge in [0.25, 0.3) is 5.69 Å². The van der Waals surface area contributed by atoms with E-state index in [1.807, 2.05) is 4.90 Å². The SMILES string of the molecule is CCOC(=O)c1c(N2CC2)sc(N=Nc2ccc([N+](=O)[O-])cc2C(F)(F)F)c1-c1ccccc1. The highest BCUT2D eigenvalue weighted by molar-refractivity contribution is 7.21. The molecule has 1 aliphatic heterocycles. The van der Waals surface area contributed by atoms with E-state index in [4.69, 9.17) is 4.74 Å². The molecule has 1 fully saturated rings. The van der Waals surface area contributed by atoms with Crippen molar-refractivity contribution in [2.45, 2.75) is 13.1 Å². The highest BCUT2D eigenvalue weighted by Gasteiger charge is 2.36. The number of nitro benzene ring substituents is 1. The minimum absolute atomic E-state index is 0.150. The van der Waals surface area contributed by atoms with Crippen molar-refractivity contribution < 1.29 is 27.6 Å². The molecule has 0 spiro atoms. The summed E-state index contributed by atoms with van der Waals surface area (Å²) in [6.07, 6.45) is -4.88. The molecular formula is C22H17F3N4O4S. The molecule has 0 atom stereocenters. The Kier molecular flexibility index (Phi) is 6.33. The second kappa shape index (κ2) is 9.21. The summed E-state index contributed by atoms with van der Waals surface area (Å²) in [6, 6.07) is 11.1. The Morgan fingerprint density at radius 3 is 2.47 bits per heavy atom. The molecule has 176 valence electrons. The van der Waals surface area contributed by atoms with Crippen molar-refractivity contribution in [2.75, 3.05) is 24.6 Å². The van der Waals surface area contributed by atoms with E-state index >= 15 is 0 Å². The lowest BCUT2D eigenvalue weighted by Crippen LogP contribution is -2.08. The molecule has 0 N–H and O–H groups in total. The zero-order chi connectivity index (χ0) is 24.5. The fourth-order valence-electron chi connectivity index (χ4n) is 3.27. The minimum atomic E-state index is -4.88. The predicted molar refractivity (Wildman–Crippen MR) is 120 cm³/mol. The summed E-state index contributed by atoms with van der Waals surface area (Å²) in [6.45, 7) is 3.27. The molecular weight excluding hydrogens is 473 g/mol. The molecule has 34 heavy (non-hydrogen) atoms. The third-order valence-electron chi connectivity index (χ3n) is 4.89. The zero-order valence-electron chi connectivity index (χ0n) is 17.7. The molecule has 1 aromatic heterocycles. The molecule has 3 aromatic rings. The first-order chi connectivity index (χ1) is 16.2. The van der Waals surface area contributed by atoms with Crippen molar-refractivity contribution in [3.8, 4) is 11.1 Å². The Bertz CT molecular complexity index is 1270. The Balaban J connectivity index is 1.87. The van der Waals surface area contributed by atoms with Gasteiger partial charge < -0.3 is 9.64 Å². The second-order valence-electron chi connectivity index (χ2n) is 7.19. The summed E-state index contributed by atoms with van der Waals surface area (Å²) in [5.74, 6) is -0.563. The van der Waals surface area contributed by atoms with E-state index in [0.29, 0.717) is 22.2 Å². The Morgan fingerprint density at radius 1 is 1.18 bits per heavy atom. The fraction of sp³-hybridized carbons (Fsp3) is 0.227. The van der Waals surface area contributed by atoms with Gasteiger partial charge in [-0.15, -0.1) is 10.2 Å². The van der Waals surface area contributed by atoms with Gasteiger partial charge in [0.15, 0.2) is 0 Å². The number of hydrogen-bond acceptors (Lipinski definition) is 8. The lowest BCUT2D eigenvalue weighted by Gasteiger charge is -2.09. The summed E-state index contributed by atoms with van der Waals surface area (Å²) in [4.78, 5) is 24.8. The van der Waals surface area contributed by atoms with Gasteiger partial charge in [-0.2, -0.15) is 13.2 Å². The van der Waals surface area contributed by atoms with E-state index in [-0.39, 0.29) is 17.2 Å². The van der Waals surface area contributed by atoms with E-state index in [1.165, 1.54) is 0 Å². The summed E-state index contributed by atoms with van der Waals surface area (Å²) in [5.41, 5.74) is -1.24. The number of nitro groups is 1. The number of non-ortho nitro benzene ring substituents is 1.